The van der Waals surface area contributed by atoms with Crippen molar-refractivity contribution in [3.63, 3.8) is 0 Å². The van der Waals surface area contributed by atoms with Gasteiger partial charge < -0.3 is 14.4 Å². The molecular formula is C15H20N2O4. The number of carbonyl (C=O) groups excluding carboxylic acids is 2. The van der Waals surface area contributed by atoms with E-state index in [2.05, 4.69) is 6.07 Å². The Kier molecular flexibility index (Phi) is 4.51. The molecule has 2 aliphatic rings. The van der Waals surface area contributed by atoms with Crippen molar-refractivity contribution in [3.05, 3.63) is 11.8 Å². The number of esters is 2. The molecule has 0 saturated carbocycles. The minimum Gasteiger partial charge on any atom is -0.468 e. The van der Waals surface area contributed by atoms with E-state index < -0.39 is 17.4 Å². The molecule has 114 valence electrons. The number of hydrogen-bond donors (Lipinski definition) is 0. The summed E-state index contributed by atoms with van der Waals surface area (Å²) in [6.45, 7) is 0.773. The first-order valence-corrected chi connectivity index (χ1v) is 7.13. The van der Waals surface area contributed by atoms with Crippen molar-refractivity contribution in [3.8, 4) is 6.07 Å². The van der Waals surface area contributed by atoms with Crippen LogP contribution >= 0.6 is 0 Å². The van der Waals surface area contributed by atoms with Gasteiger partial charge in [0, 0.05) is 12.7 Å². The Balaban J connectivity index is 2.53. The molecule has 0 aromatic rings. The van der Waals surface area contributed by atoms with Crippen LogP contribution in [0.4, 0.5) is 0 Å². The summed E-state index contributed by atoms with van der Waals surface area (Å²) in [5, 5.41) is 9.21. The number of fused-ring (bicyclic) bond motifs is 1. The first kappa shape index (κ1) is 15.4. The zero-order valence-electron chi connectivity index (χ0n) is 12.4. The molecule has 2 aliphatic heterocycles. The standard InChI is InChI=1S/C15H20N2O4/c1-20-13(18)11-10-17-9-5-3-4-6-12(17)15(11,7-8-16)14(19)21-2/h10,12H,3-7,9H2,1-2H3/t12-,15-/m1/s1. The highest BCUT2D eigenvalue weighted by atomic mass is 16.5. The van der Waals surface area contributed by atoms with Crippen molar-refractivity contribution in [2.24, 2.45) is 5.41 Å². The molecule has 2 atom stereocenters. The highest BCUT2D eigenvalue weighted by Crippen LogP contribution is 2.47. The Morgan fingerprint density at radius 1 is 1.38 bits per heavy atom. The van der Waals surface area contributed by atoms with E-state index in [1.807, 2.05) is 4.90 Å². The second-order valence-electron chi connectivity index (χ2n) is 5.44. The van der Waals surface area contributed by atoms with Crippen LogP contribution in [0, 0.1) is 16.7 Å². The van der Waals surface area contributed by atoms with Crippen LogP contribution < -0.4 is 0 Å². The largest absolute Gasteiger partial charge is 0.468 e. The number of nitrogens with zero attached hydrogens (tertiary/aromatic N) is 2. The molecule has 0 amide bonds. The second kappa shape index (κ2) is 6.17. The van der Waals surface area contributed by atoms with E-state index in [0.717, 1.165) is 32.2 Å². The van der Waals surface area contributed by atoms with Crippen LogP contribution in [-0.2, 0) is 19.1 Å². The molecule has 6 heteroatoms. The van der Waals surface area contributed by atoms with Gasteiger partial charge in [-0.3, -0.25) is 4.79 Å². The molecule has 0 bridgehead atoms. The Labute approximate surface area is 124 Å². The normalized spacial score (nSPS) is 28.0. The van der Waals surface area contributed by atoms with Crippen molar-refractivity contribution in [1.82, 2.24) is 4.90 Å². The third-order valence-corrected chi connectivity index (χ3v) is 4.45. The molecule has 2 rings (SSSR count). The minimum atomic E-state index is -1.24. The summed E-state index contributed by atoms with van der Waals surface area (Å²) in [4.78, 5) is 26.6. The molecule has 6 nitrogen and oxygen atoms in total. The van der Waals surface area contributed by atoms with Crippen LogP contribution in [0.15, 0.2) is 11.8 Å². The maximum absolute atomic E-state index is 12.5. The number of rotatable bonds is 3. The van der Waals surface area contributed by atoms with E-state index in [0.29, 0.717) is 0 Å². The van der Waals surface area contributed by atoms with Gasteiger partial charge in [0.25, 0.3) is 0 Å². The van der Waals surface area contributed by atoms with Gasteiger partial charge in [-0.05, 0) is 12.8 Å². The lowest BCUT2D eigenvalue weighted by atomic mass is 9.72. The van der Waals surface area contributed by atoms with E-state index in [9.17, 15) is 14.9 Å². The summed E-state index contributed by atoms with van der Waals surface area (Å²) >= 11 is 0. The number of ether oxygens (including phenoxy) is 2. The third kappa shape index (κ3) is 2.37. The fourth-order valence-corrected chi connectivity index (χ4v) is 3.46. The smallest absolute Gasteiger partial charge is 0.336 e. The van der Waals surface area contributed by atoms with Gasteiger partial charge in [-0.25, -0.2) is 4.79 Å². The van der Waals surface area contributed by atoms with E-state index in [1.165, 1.54) is 14.2 Å². The summed E-state index contributed by atoms with van der Waals surface area (Å²) in [7, 11) is 2.57. The van der Waals surface area contributed by atoms with Crippen LogP contribution in [0.25, 0.3) is 0 Å². The molecule has 2 heterocycles. The minimum absolute atomic E-state index is 0.0816. The SMILES string of the molecule is COC(=O)C1=CN2CCCCC[C@@H]2[C@]1(CC#N)C(=O)OC. The number of nitriles is 1. The second-order valence-corrected chi connectivity index (χ2v) is 5.44. The predicted octanol–water partition coefficient (Wildman–Crippen LogP) is 1.37. The molecule has 1 saturated heterocycles. The molecule has 0 aliphatic carbocycles. The highest BCUT2D eigenvalue weighted by Gasteiger charge is 2.58. The molecular weight excluding hydrogens is 272 g/mol. The van der Waals surface area contributed by atoms with Crippen molar-refractivity contribution in [2.45, 2.75) is 38.1 Å². The van der Waals surface area contributed by atoms with Crippen molar-refractivity contribution < 1.29 is 19.1 Å². The maximum Gasteiger partial charge on any atom is 0.336 e. The van der Waals surface area contributed by atoms with Crippen LogP contribution in [0.1, 0.15) is 32.1 Å². The van der Waals surface area contributed by atoms with Crippen LogP contribution in [0.3, 0.4) is 0 Å². The lowest BCUT2D eigenvalue weighted by molar-refractivity contribution is -0.155. The topological polar surface area (TPSA) is 79.6 Å². The highest BCUT2D eigenvalue weighted by molar-refractivity contribution is 5.99. The van der Waals surface area contributed by atoms with Gasteiger partial charge in [0.15, 0.2) is 0 Å². The monoisotopic (exact) mass is 292 g/mol. The Morgan fingerprint density at radius 2 is 2.14 bits per heavy atom. The van der Waals surface area contributed by atoms with Crippen LogP contribution in [-0.4, -0.2) is 43.6 Å². The Hall–Kier alpha value is -2.03. The lowest BCUT2D eigenvalue weighted by Crippen LogP contribution is -2.48. The van der Waals surface area contributed by atoms with Gasteiger partial charge in [-0.2, -0.15) is 5.26 Å². The predicted molar refractivity (Wildman–Crippen MR) is 73.7 cm³/mol. The van der Waals surface area contributed by atoms with Crippen molar-refractivity contribution >= 4 is 11.9 Å². The third-order valence-electron chi connectivity index (χ3n) is 4.45. The molecule has 21 heavy (non-hydrogen) atoms. The van der Waals surface area contributed by atoms with Gasteiger partial charge in [-0.1, -0.05) is 12.8 Å². The fraction of sp³-hybridized carbons (Fsp3) is 0.667. The Bertz CT molecular complexity index is 508. The van der Waals surface area contributed by atoms with Crippen LogP contribution in [0.5, 0.6) is 0 Å². The Morgan fingerprint density at radius 3 is 2.76 bits per heavy atom. The van der Waals surface area contributed by atoms with Gasteiger partial charge in [0.1, 0.15) is 5.41 Å². The van der Waals surface area contributed by atoms with E-state index in [1.54, 1.807) is 6.20 Å². The molecule has 0 spiro atoms. The molecule has 0 aromatic heterocycles. The zero-order chi connectivity index (χ0) is 15.5. The number of hydrogen-bond acceptors (Lipinski definition) is 6. The zero-order valence-corrected chi connectivity index (χ0v) is 12.4. The van der Waals surface area contributed by atoms with E-state index >= 15 is 0 Å². The quantitative estimate of drug-likeness (QED) is 0.731. The summed E-state index contributed by atoms with van der Waals surface area (Å²) in [5.74, 6) is -1.10. The van der Waals surface area contributed by atoms with Gasteiger partial charge >= 0.3 is 11.9 Å². The van der Waals surface area contributed by atoms with Gasteiger partial charge in [-0.15, -0.1) is 0 Å². The van der Waals surface area contributed by atoms with Crippen molar-refractivity contribution in [2.75, 3.05) is 20.8 Å². The molecule has 0 unspecified atom stereocenters. The summed E-state index contributed by atoms with van der Waals surface area (Å²) < 4.78 is 9.76. The van der Waals surface area contributed by atoms with Gasteiger partial charge in [0.05, 0.1) is 38.3 Å². The average molecular weight is 292 g/mol. The summed E-state index contributed by atoms with van der Waals surface area (Å²) in [6.07, 6.45) is 5.42. The molecule has 0 aromatic carbocycles. The summed E-state index contributed by atoms with van der Waals surface area (Å²) in [6, 6.07) is 1.84. The summed E-state index contributed by atoms with van der Waals surface area (Å²) in [5.41, 5.74) is -0.994. The lowest BCUT2D eigenvalue weighted by Gasteiger charge is -2.35. The first-order chi connectivity index (χ1) is 10.1. The molecule has 1 fully saturated rings. The van der Waals surface area contributed by atoms with E-state index in [-0.39, 0.29) is 18.0 Å². The van der Waals surface area contributed by atoms with Gasteiger partial charge in [0.2, 0.25) is 0 Å². The molecule has 0 radical (unpaired) electrons. The van der Waals surface area contributed by atoms with Crippen molar-refractivity contribution in [1.29, 1.82) is 5.26 Å². The number of carbonyl (C=O) groups is 2. The fourth-order valence-electron chi connectivity index (χ4n) is 3.46. The first-order valence-electron chi connectivity index (χ1n) is 7.13. The molecule has 0 N–H and O–H groups in total. The number of methoxy groups -OCH3 is 2. The van der Waals surface area contributed by atoms with E-state index in [4.69, 9.17) is 9.47 Å². The maximum atomic E-state index is 12.5. The van der Waals surface area contributed by atoms with Crippen LogP contribution in [0.2, 0.25) is 0 Å². The average Bonchev–Trinajstić information content (AvgIpc) is 2.66.